The monoisotopic (exact) mass is 603 g/mol. The van der Waals surface area contributed by atoms with Crippen LogP contribution in [0.5, 0.6) is 0 Å². The zero-order valence-electron chi connectivity index (χ0n) is 21.5. The van der Waals surface area contributed by atoms with E-state index in [2.05, 4.69) is 15.5 Å². The molecule has 0 radical (unpaired) electrons. The van der Waals surface area contributed by atoms with Crippen LogP contribution in [0, 0.1) is 10.1 Å². The normalized spacial score (nSPS) is 11.7. The highest BCUT2D eigenvalue weighted by Gasteiger charge is 2.26. The summed E-state index contributed by atoms with van der Waals surface area (Å²) in [7, 11) is 0. The molecule has 206 valence electrons. The number of rotatable bonds is 10. The summed E-state index contributed by atoms with van der Waals surface area (Å²) in [6.45, 7) is 0. The SMILES string of the molecule is O=C(N[C@@H](Cc1ccccc1)c1nnc(SCc2ccccc2)n1-c1ccc([N+](=O)[O-])cc1)c1ccc(Cl)c(Cl)c1. The number of nitrogens with one attached hydrogen (secondary N) is 1. The number of hydrogen-bond donors (Lipinski definition) is 1. The quantitative estimate of drug-likeness (QED) is 0.101. The summed E-state index contributed by atoms with van der Waals surface area (Å²) in [5, 5.41) is 24.6. The van der Waals surface area contributed by atoms with Gasteiger partial charge in [0.2, 0.25) is 0 Å². The van der Waals surface area contributed by atoms with E-state index in [4.69, 9.17) is 23.2 Å². The molecule has 1 N–H and O–H groups in total. The van der Waals surface area contributed by atoms with Crippen molar-refractivity contribution in [2.45, 2.75) is 23.4 Å². The maximum atomic E-state index is 13.4. The molecule has 41 heavy (non-hydrogen) atoms. The van der Waals surface area contributed by atoms with Crippen molar-refractivity contribution in [3.05, 3.63) is 146 Å². The summed E-state index contributed by atoms with van der Waals surface area (Å²) in [4.78, 5) is 24.3. The zero-order chi connectivity index (χ0) is 28.8. The number of carbonyl (C=O) groups excluding carboxylic acids is 1. The van der Waals surface area contributed by atoms with Crippen molar-refractivity contribution in [1.29, 1.82) is 0 Å². The minimum Gasteiger partial charge on any atom is -0.342 e. The molecule has 0 saturated carbocycles. The average Bonchev–Trinajstić information content (AvgIpc) is 3.42. The predicted molar refractivity (Wildman–Crippen MR) is 161 cm³/mol. The Bertz CT molecular complexity index is 1670. The largest absolute Gasteiger partial charge is 0.342 e. The summed E-state index contributed by atoms with van der Waals surface area (Å²) in [5.41, 5.74) is 3.02. The average molecular weight is 605 g/mol. The third-order valence-corrected chi connectivity index (χ3v) is 8.01. The van der Waals surface area contributed by atoms with E-state index in [1.807, 2.05) is 65.2 Å². The van der Waals surface area contributed by atoms with Crippen LogP contribution in [0.25, 0.3) is 5.69 Å². The van der Waals surface area contributed by atoms with Gasteiger partial charge in [0.05, 0.1) is 21.0 Å². The van der Waals surface area contributed by atoms with Crippen LogP contribution < -0.4 is 5.32 Å². The molecule has 0 aliphatic rings. The van der Waals surface area contributed by atoms with Gasteiger partial charge in [-0.3, -0.25) is 19.5 Å². The molecule has 1 atom stereocenters. The molecule has 5 aromatic rings. The lowest BCUT2D eigenvalue weighted by molar-refractivity contribution is -0.384. The van der Waals surface area contributed by atoms with Gasteiger partial charge in [-0.15, -0.1) is 10.2 Å². The molecule has 1 amide bonds. The Morgan fingerprint density at radius 1 is 0.878 bits per heavy atom. The maximum absolute atomic E-state index is 13.4. The molecular formula is C30H23Cl2N5O3S. The van der Waals surface area contributed by atoms with Gasteiger partial charge in [-0.05, 0) is 47.9 Å². The molecule has 1 heterocycles. The number of amides is 1. The van der Waals surface area contributed by atoms with Crippen molar-refractivity contribution in [3.63, 3.8) is 0 Å². The van der Waals surface area contributed by atoms with Crippen LogP contribution in [0.15, 0.2) is 108 Å². The van der Waals surface area contributed by atoms with Gasteiger partial charge < -0.3 is 5.32 Å². The minimum absolute atomic E-state index is 0.0318. The number of nitrogens with zero attached hydrogens (tertiary/aromatic N) is 4. The molecule has 1 aromatic heterocycles. The van der Waals surface area contributed by atoms with Gasteiger partial charge in [0.1, 0.15) is 0 Å². The topological polar surface area (TPSA) is 103 Å². The molecule has 5 rings (SSSR count). The predicted octanol–water partition coefficient (Wildman–Crippen LogP) is 7.49. The highest BCUT2D eigenvalue weighted by molar-refractivity contribution is 7.98. The number of thioether (sulfide) groups is 1. The number of hydrogen-bond acceptors (Lipinski definition) is 6. The van der Waals surface area contributed by atoms with Crippen LogP contribution in [-0.2, 0) is 12.2 Å². The molecule has 0 aliphatic heterocycles. The number of benzene rings is 4. The first-order valence-electron chi connectivity index (χ1n) is 12.6. The third-order valence-electron chi connectivity index (χ3n) is 6.27. The van der Waals surface area contributed by atoms with Gasteiger partial charge >= 0.3 is 0 Å². The fourth-order valence-electron chi connectivity index (χ4n) is 4.22. The maximum Gasteiger partial charge on any atom is 0.269 e. The number of halogens is 2. The summed E-state index contributed by atoms with van der Waals surface area (Å²) in [6.07, 6.45) is 0.419. The van der Waals surface area contributed by atoms with Crippen molar-refractivity contribution in [2.75, 3.05) is 0 Å². The molecular weight excluding hydrogens is 581 g/mol. The fraction of sp³-hybridized carbons (Fsp3) is 0.100. The van der Waals surface area contributed by atoms with E-state index in [1.54, 1.807) is 24.3 Å². The van der Waals surface area contributed by atoms with Crippen molar-refractivity contribution < 1.29 is 9.72 Å². The number of nitro benzene ring substituents is 1. The number of nitro groups is 1. The Morgan fingerprint density at radius 3 is 2.17 bits per heavy atom. The summed E-state index contributed by atoms with van der Waals surface area (Å²) >= 11 is 13.7. The standard InChI is InChI=1S/C30H23Cl2N5O3S/c31-25-16-11-22(18-26(25)32)29(38)33-27(17-20-7-3-1-4-8-20)28-34-35-30(41-19-21-9-5-2-6-10-21)36(28)23-12-14-24(15-13-23)37(39)40/h1-16,18,27H,17,19H2,(H,33,38)/t27-/m0/s1. The fourth-order valence-corrected chi connectivity index (χ4v) is 5.44. The van der Waals surface area contributed by atoms with Gasteiger partial charge in [-0.1, -0.05) is 95.6 Å². The van der Waals surface area contributed by atoms with E-state index in [-0.39, 0.29) is 16.6 Å². The third kappa shape index (κ3) is 6.94. The number of carbonyl (C=O) groups is 1. The smallest absolute Gasteiger partial charge is 0.269 e. The van der Waals surface area contributed by atoms with Gasteiger partial charge in [-0.25, -0.2) is 0 Å². The lowest BCUT2D eigenvalue weighted by atomic mass is 10.0. The van der Waals surface area contributed by atoms with Crippen LogP contribution in [-0.4, -0.2) is 25.6 Å². The van der Waals surface area contributed by atoms with Crippen LogP contribution in [0.1, 0.15) is 33.4 Å². The van der Waals surface area contributed by atoms with Crippen LogP contribution in [0.2, 0.25) is 10.0 Å². The Labute approximate surface area is 250 Å². The molecule has 0 fully saturated rings. The summed E-state index contributed by atoms with van der Waals surface area (Å²) < 4.78 is 1.83. The van der Waals surface area contributed by atoms with Gasteiger partial charge in [0.15, 0.2) is 11.0 Å². The summed E-state index contributed by atoms with van der Waals surface area (Å²) in [5.74, 6) is 0.748. The van der Waals surface area contributed by atoms with E-state index < -0.39 is 11.0 Å². The molecule has 0 spiro atoms. The van der Waals surface area contributed by atoms with E-state index >= 15 is 0 Å². The first-order valence-corrected chi connectivity index (χ1v) is 14.3. The van der Waals surface area contributed by atoms with Crippen LogP contribution >= 0.6 is 35.0 Å². The molecule has 8 nitrogen and oxygen atoms in total. The van der Waals surface area contributed by atoms with Crippen LogP contribution in [0.4, 0.5) is 5.69 Å². The van der Waals surface area contributed by atoms with Crippen molar-refractivity contribution in [1.82, 2.24) is 20.1 Å². The Hall–Kier alpha value is -4.18. The Kier molecular flexibility index (Phi) is 8.98. The lowest BCUT2D eigenvalue weighted by Crippen LogP contribution is -2.32. The first-order chi connectivity index (χ1) is 19.9. The van der Waals surface area contributed by atoms with Crippen molar-refractivity contribution in [3.8, 4) is 5.69 Å². The Balaban J connectivity index is 1.56. The van der Waals surface area contributed by atoms with Crippen molar-refractivity contribution >= 4 is 46.6 Å². The molecule has 4 aromatic carbocycles. The molecule has 11 heteroatoms. The first kappa shape index (κ1) is 28.4. The molecule has 0 aliphatic carbocycles. The van der Waals surface area contributed by atoms with E-state index in [0.717, 1.165) is 11.1 Å². The second kappa shape index (κ2) is 13.0. The van der Waals surface area contributed by atoms with Crippen molar-refractivity contribution in [2.24, 2.45) is 0 Å². The van der Waals surface area contributed by atoms with Crippen LogP contribution in [0.3, 0.4) is 0 Å². The molecule has 0 unspecified atom stereocenters. The highest BCUT2D eigenvalue weighted by Crippen LogP contribution is 2.30. The van der Waals surface area contributed by atoms with Gasteiger partial charge in [-0.2, -0.15) is 0 Å². The van der Waals surface area contributed by atoms with Gasteiger partial charge in [0.25, 0.3) is 11.6 Å². The van der Waals surface area contributed by atoms with Gasteiger partial charge in [0, 0.05) is 29.1 Å². The van der Waals surface area contributed by atoms with E-state index in [0.29, 0.717) is 39.4 Å². The minimum atomic E-state index is -0.604. The molecule has 0 bridgehead atoms. The Morgan fingerprint density at radius 2 is 1.54 bits per heavy atom. The van der Waals surface area contributed by atoms with E-state index in [9.17, 15) is 14.9 Å². The number of non-ortho nitro benzene ring substituents is 1. The molecule has 0 saturated heterocycles. The lowest BCUT2D eigenvalue weighted by Gasteiger charge is -2.20. The highest BCUT2D eigenvalue weighted by atomic mass is 35.5. The second-order valence-electron chi connectivity index (χ2n) is 9.07. The second-order valence-corrected chi connectivity index (χ2v) is 10.8. The van der Waals surface area contributed by atoms with E-state index in [1.165, 1.54) is 30.0 Å². The zero-order valence-corrected chi connectivity index (χ0v) is 23.8. The summed E-state index contributed by atoms with van der Waals surface area (Å²) in [6, 6.07) is 29.9. The number of aromatic nitrogens is 3.